The van der Waals surface area contributed by atoms with Gasteiger partial charge < -0.3 is 10.2 Å². The molecule has 2 aliphatic rings. The lowest BCUT2D eigenvalue weighted by Crippen LogP contribution is -2.42. The van der Waals surface area contributed by atoms with Crippen molar-refractivity contribution in [1.82, 2.24) is 10.2 Å². The van der Waals surface area contributed by atoms with Gasteiger partial charge in [0, 0.05) is 25.0 Å². The van der Waals surface area contributed by atoms with Gasteiger partial charge in [0.2, 0.25) is 5.91 Å². The molecule has 6 heteroatoms. The Morgan fingerprint density at radius 1 is 1.33 bits per heavy atom. The summed E-state index contributed by atoms with van der Waals surface area (Å²) in [6.45, 7) is 1.99. The van der Waals surface area contributed by atoms with Crippen LogP contribution in [0.3, 0.4) is 0 Å². The van der Waals surface area contributed by atoms with Gasteiger partial charge in [-0.1, -0.05) is 23.2 Å². The Kier molecular flexibility index (Phi) is 5.10. The van der Waals surface area contributed by atoms with Crippen LogP contribution in [0, 0.1) is 0 Å². The van der Waals surface area contributed by atoms with Crippen molar-refractivity contribution in [2.24, 2.45) is 0 Å². The van der Waals surface area contributed by atoms with E-state index in [9.17, 15) is 4.79 Å². The van der Waals surface area contributed by atoms with Crippen molar-refractivity contribution in [3.63, 3.8) is 0 Å². The van der Waals surface area contributed by atoms with Crippen LogP contribution in [0.4, 0.5) is 0 Å². The maximum absolute atomic E-state index is 12.5. The van der Waals surface area contributed by atoms with Crippen LogP contribution in [0.25, 0.3) is 0 Å². The lowest BCUT2D eigenvalue weighted by atomic mass is 10.1. The Morgan fingerprint density at radius 3 is 2.90 bits per heavy atom. The maximum atomic E-state index is 12.5. The second kappa shape index (κ2) is 6.86. The highest BCUT2D eigenvalue weighted by Crippen LogP contribution is 2.33. The molecule has 2 unspecified atom stereocenters. The molecule has 2 fully saturated rings. The van der Waals surface area contributed by atoms with E-state index in [1.807, 2.05) is 6.07 Å². The molecule has 3 rings (SSSR count). The van der Waals surface area contributed by atoms with Crippen LogP contribution in [0.5, 0.6) is 0 Å². The molecule has 1 aromatic rings. The number of nitrogens with zero attached hydrogens (tertiary/aromatic N) is 1. The second-order valence-corrected chi connectivity index (χ2v) is 8.17. The predicted octanol–water partition coefficient (Wildman–Crippen LogP) is 3.73. The Balaban J connectivity index is 1.53. The number of carbonyl (C=O) groups is 1. The van der Waals surface area contributed by atoms with Gasteiger partial charge in [0.05, 0.1) is 8.67 Å². The van der Waals surface area contributed by atoms with Crippen molar-refractivity contribution in [1.29, 1.82) is 0 Å². The fraction of sp³-hybridized carbons (Fsp3) is 0.667. The van der Waals surface area contributed by atoms with Crippen molar-refractivity contribution in [3.8, 4) is 0 Å². The summed E-state index contributed by atoms with van der Waals surface area (Å²) in [4.78, 5) is 14.7. The van der Waals surface area contributed by atoms with Crippen LogP contribution in [0.15, 0.2) is 6.07 Å². The van der Waals surface area contributed by atoms with Crippen LogP contribution < -0.4 is 5.32 Å². The summed E-state index contributed by atoms with van der Waals surface area (Å²) in [7, 11) is 0. The van der Waals surface area contributed by atoms with Gasteiger partial charge >= 0.3 is 0 Å². The highest BCUT2D eigenvalue weighted by Gasteiger charge is 2.37. The number of hydrogen-bond acceptors (Lipinski definition) is 3. The highest BCUT2D eigenvalue weighted by molar-refractivity contribution is 7.20. The van der Waals surface area contributed by atoms with Gasteiger partial charge in [-0.15, -0.1) is 11.3 Å². The summed E-state index contributed by atoms with van der Waals surface area (Å²) in [5.41, 5.74) is 1.07. The van der Waals surface area contributed by atoms with E-state index in [4.69, 9.17) is 23.2 Å². The molecule has 1 N–H and O–H groups in total. The number of carbonyl (C=O) groups excluding carboxylic acids is 1. The molecule has 0 aromatic carbocycles. The minimum absolute atomic E-state index is 0.309. The minimum Gasteiger partial charge on any atom is -0.335 e. The zero-order valence-corrected chi connectivity index (χ0v) is 14.2. The first-order valence-corrected chi connectivity index (χ1v) is 9.18. The molecule has 0 saturated carbocycles. The average molecular weight is 347 g/mol. The molecule has 0 aliphatic carbocycles. The molecule has 2 saturated heterocycles. The minimum atomic E-state index is 0.309. The van der Waals surface area contributed by atoms with E-state index in [0.717, 1.165) is 53.0 Å². The van der Waals surface area contributed by atoms with Gasteiger partial charge in [-0.25, -0.2) is 0 Å². The largest absolute Gasteiger partial charge is 0.335 e. The monoisotopic (exact) mass is 346 g/mol. The van der Waals surface area contributed by atoms with Crippen molar-refractivity contribution in [2.45, 2.75) is 50.6 Å². The number of thiophene rings is 1. The lowest BCUT2D eigenvalue weighted by Gasteiger charge is -2.28. The van der Waals surface area contributed by atoms with Gasteiger partial charge in [0.25, 0.3) is 0 Å². The van der Waals surface area contributed by atoms with Gasteiger partial charge in [0.15, 0.2) is 0 Å². The number of nitrogens with one attached hydrogen (secondary N) is 1. The first-order valence-electron chi connectivity index (χ1n) is 7.60. The van der Waals surface area contributed by atoms with E-state index in [1.54, 1.807) is 0 Å². The Morgan fingerprint density at radius 2 is 2.14 bits per heavy atom. The fourth-order valence-electron chi connectivity index (χ4n) is 3.49. The van der Waals surface area contributed by atoms with Gasteiger partial charge in [-0.2, -0.15) is 0 Å². The summed E-state index contributed by atoms with van der Waals surface area (Å²) >= 11 is 13.5. The van der Waals surface area contributed by atoms with E-state index in [-0.39, 0.29) is 0 Å². The number of fused-ring (bicyclic) bond motifs is 2. The van der Waals surface area contributed by atoms with Crippen molar-refractivity contribution >= 4 is 40.4 Å². The second-order valence-electron chi connectivity index (χ2n) is 5.88. The van der Waals surface area contributed by atoms with E-state index in [0.29, 0.717) is 24.4 Å². The molecule has 1 amide bonds. The highest BCUT2D eigenvalue weighted by atomic mass is 35.5. The van der Waals surface area contributed by atoms with E-state index < -0.39 is 0 Å². The SMILES string of the molecule is O=C(CCCc1cc(Cl)sc1Cl)N1C2CCNCC1CC2. The molecule has 3 heterocycles. The lowest BCUT2D eigenvalue weighted by molar-refractivity contribution is -0.133. The quantitative estimate of drug-likeness (QED) is 0.900. The van der Waals surface area contributed by atoms with E-state index in [1.165, 1.54) is 17.8 Å². The fourth-order valence-corrected chi connectivity index (χ4v) is 5.04. The third kappa shape index (κ3) is 3.55. The molecule has 0 spiro atoms. The van der Waals surface area contributed by atoms with Crippen LogP contribution in [-0.2, 0) is 11.2 Å². The Labute approximate surface area is 139 Å². The number of amides is 1. The number of halogens is 2. The summed E-state index contributed by atoms with van der Waals surface area (Å²) in [6, 6.07) is 2.78. The van der Waals surface area contributed by atoms with Gasteiger partial charge in [0.1, 0.15) is 0 Å². The summed E-state index contributed by atoms with van der Waals surface area (Å²) in [5, 5.41) is 3.43. The number of hydrogen-bond donors (Lipinski definition) is 1. The molecule has 1 aromatic heterocycles. The Hall–Kier alpha value is -0.290. The van der Waals surface area contributed by atoms with Crippen LogP contribution in [-0.4, -0.2) is 36.0 Å². The molecular formula is C15H20Cl2N2OS. The smallest absolute Gasteiger partial charge is 0.223 e. The molecule has 0 radical (unpaired) electrons. The first kappa shape index (κ1) is 15.6. The van der Waals surface area contributed by atoms with Crippen LogP contribution in [0.1, 0.15) is 37.7 Å². The Bertz CT molecular complexity index is 506. The summed E-state index contributed by atoms with van der Waals surface area (Å²) in [6.07, 6.45) is 5.69. The third-order valence-electron chi connectivity index (χ3n) is 4.51. The topological polar surface area (TPSA) is 32.3 Å². The summed E-state index contributed by atoms with van der Waals surface area (Å²) < 4.78 is 1.48. The zero-order chi connectivity index (χ0) is 14.8. The predicted molar refractivity (Wildman–Crippen MR) is 88.4 cm³/mol. The van der Waals surface area contributed by atoms with Crippen molar-refractivity contribution in [2.75, 3.05) is 13.1 Å². The number of aryl methyl sites for hydroxylation is 1. The third-order valence-corrected chi connectivity index (χ3v) is 6.08. The maximum Gasteiger partial charge on any atom is 0.223 e. The molecule has 3 nitrogen and oxygen atoms in total. The van der Waals surface area contributed by atoms with Crippen LogP contribution >= 0.6 is 34.5 Å². The standard InChI is InChI=1S/C15H20Cl2N2OS/c16-13-8-10(15(17)21-13)2-1-3-14(20)19-11-4-5-12(19)9-18-7-6-11/h8,11-12,18H,1-7,9H2. The first-order chi connectivity index (χ1) is 10.1. The van der Waals surface area contributed by atoms with E-state index >= 15 is 0 Å². The van der Waals surface area contributed by atoms with Gasteiger partial charge in [-0.05, 0) is 50.3 Å². The molecular weight excluding hydrogens is 327 g/mol. The van der Waals surface area contributed by atoms with Crippen molar-refractivity contribution in [3.05, 3.63) is 20.3 Å². The van der Waals surface area contributed by atoms with E-state index in [2.05, 4.69) is 10.2 Å². The average Bonchev–Trinajstić information content (AvgIpc) is 2.87. The zero-order valence-electron chi connectivity index (χ0n) is 11.9. The summed E-state index contributed by atoms with van der Waals surface area (Å²) in [5.74, 6) is 0.309. The number of rotatable bonds is 4. The molecule has 2 aliphatic heterocycles. The van der Waals surface area contributed by atoms with Crippen molar-refractivity contribution < 1.29 is 4.79 Å². The molecule has 2 atom stereocenters. The molecule has 2 bridgehead atoms. The van der Waals surface area contributed by atoms with Gasteiger partial charge in [-0.3, -0.25) is 4.79 Å². The van der Waals surface area contributed by atoms with Crippen LogP contribution in [0.2, 0.25) is 8.67 Å². The normalized spacial score (nSPS) is 25.1. The molecule has 21 heavy (non-hydrogen) atoms. The molecule has 116 valence electrons.